The summed E-state index contributed by atoms with van der Waals surface area (Å²) < 4.78 is 5.92. The summed E-state index contributed by atoms with van der Waals surface area (Å²) in [7, 11) is 0. The Balaban J connectivity index is 1.04. The minimum atomic E-state index is 0.659. The molecule has 0 radical (unpaired) electrons. The number of ether oxygens (including phenoxy) is 1. The lowest BCUT2D eigenvalue weighted by molar-refractivity contribution is 0.154. The van der Waals surface area contributed by atoms with Crippen molar-refractivity contribution >= 4 is 54.5 Å². The summed E-state index contributed by atoms with van der Waals surface area (Å²) in [5.74, 6) is 0. The van der Waals surface area contributed by atoms with E-state index in [-0.39, 0.29) is 0 Å². The summed E-state index contributed by atoms with van der Waals surface area (Å²) in [6.07, 6.45) is 0. The van der Waals surface area contributed by atoms with Crippen molar-refractivity contribution in [1.29, 1.82) is 0 Å². The van der Waals surface area contributed by atoms with Crippen LogP contribution in [0, 0.1) is 0 Å². The van der Waals surface area contributed by atoms with Crippen LogP contribution in [0.15, 0.2) is 109 Å². The van der Waals surface area contributed by atoms with Gasteiger partial charge in [-0.3, -0.25) is 0 Å². The van der Waals surface area contributed by atoms with Gasteiger partial charge in [-0.2, -0.15) is 0 Å². The van der Waals surface area contributed by atoms with E-state index >= 15 is 0 Å². The molecular weight excluding hydrogens is 428 g/mol. The van der Waals surface area contributed by atoms with Crippen LogP contribution in [0.4, 0.5) is 11.4 Å². The van der Waals surface area contributed by atoms with Crippen LogP contribution >= 0.6 is 0 Å². The third-order valence-corrected chi connectivity index (χ3v) is 6.62. The van der Waals surface area contributed by atoms with Gasteiger partial charge in [0, 0.05) is 35.2 Å². The number of hydrogen-bond donors (Lipinski definition) is 2. The Morgan fingerprint density at radius 2 is 0.829 bits per heavy atom. The van der Waals surface area contributed by atoms with Crippen molar-refractivity contribution in [2.75, 3.05) is 36.9 Å². The second kappa shape index (κ2) is 9.65. The minimum Gasteiger partial charge on any atom is -0.382 e. The molecule has 3 heteroatoms. The minimum absolute atomic E-state index is 0.659. The Morgan fingerprint density at radius 3 is 1.29 bits per heavy atom. The molecule has 172 valence electrons. The van der Waals surface area contributed by atoms with Crippen molar-refractivity contribution in [2.45, 2.75) is 0 Å². The van der Waals surface area contributed by atoms with Crippen LogP contribution in [0.1, 0.15) is 0 Å². The van der Waals surface area contributed by atoms with Crippen LogP contribution in [-0.2, 0) is 4.74 Å². The van der Waals surface area contributed by atoms with E-state index in [1.807, 2.05) is 0 Å². The molecule has 35 heavy (non-hydrogen) atoms. The average molecular weight is 457 g/mol. The smallest absolute Gasteiger partial charge is 0.0639 e. The van der Waals surface area contributed by atoms with E-state index in [0.717, 1.165) is 24.5 Å². The molecule has 0 fully saturated rings. The molecule has 0 aromatic heterocycles. The van der Waals surface area contributed by atoms with Gasteiger partial charge in [-0.25, -0.2) is 0 Å². The molecular formula is C32H28N2O. The fourth-order valence-electron chi connectivity index (χ4n) is 4.86. The van der Waals surface area contributed by atoms with Crippen molar-refractivity contribution in [3.63, 3.8) is 0 Å². The number of fused-ring (bicyclic) bond motifs is 4. The van der Waals surface area contributed by atoms with E-state index in [9.17, 15) is 0 Å². The first-order chi connectivity index (χ1) is 17.3. The topological polar surface area (TPSA) is 33.3 Å². The Labute approximate surface area is 205 Å². The van der Waals surface area contributed by atoms with Gasteiger partial charge >= 0.3 is 0 Å². The zero-order valence-corrected chi connectivity index (χ0v) is 19.6. The first-order valence-electron chi connectivity index (χ1n) is 12.2. The van der Waals surface area contributed by atoms with Crippen molar-refractivity contribution in [2.24, 2.45) is 0 Å². The Hall–Kier alpha value is -4.08. The van der Waals surface area contributed by atoms with Gasteiger partial charge in [0.05, 0.1) is 13.2 Å². The summed E-state index contributed by atoms with van der Waals surface area (Å²) in [6, 6.07) is 38.9. The second-order valence-corrected chi connectivity index (χ2v) is 8.92. The SMILES string of the molecule is c1ccc2cc3c(NCCOCCNc4cccc5cc6ccccc6cc45)cccc3cc2c1. The van der Waals surface area contributed by atoms with Crippen molar-refractivity contribution in [1.82, 2.24) is 0 Å². The summed E-state index contributed by atoms with van der Waals surface area (Å²) >= 11 is 0. The van der Waals surface area contributed by atoms with Crippen LogP contribution in [0.25, 0.3) is 43.1 Å². The highest BCUT2D eigenvalue weighted by Crippen LogP contribution is 2.29. The Kier molecular flexibility index (Phi) is 5.92. The molecule has 0 heterocycles. The maximum absolute atomic E-state index is 5.92. The molecule has 6 aromatic rings. The van der Waals surface area contributed by atoms with Gasteiger partial charge < -0.3 is 15.4 Å². The Morgan fingerprint density at radius 1 is 0.429 bits per heavy atom. The predicted octanol–water partition coefficient (Wildman–Crippen LogP) is 7.84. The van der Waals surface area contributed by atoms with Gasteiger partial charge in [0.15, 0.2) is 0 Å². The van der Waals surface area contributed by atoms with E-state index in [4.69, 9.17) is 4.74 Å². The fraction of sp³-hybridized carbons (Fsp3) is 0.125. The third-order valence-electron chi connectivity index (χ3n) is 6.62. The van der Waals surface area contributed by atoms with Gasteiger partial charge in [0.1, 0.15) is 0 Å². The zero-order valence-electron chi connectivity index (χ0n) is 19.6. The van der Waals surface area contributed by atoms with E-state index in [0.29, 0.717) is 13.2 Å². The molecule has 2 N–H and O–H groups in total. The molecule has 0 saturated carbocycles. The largest absolute Gasteiger partial charge is 0.382 e. The number of anilines is 2. The molecule has 0 aliphatic rings. The third kappa shape index (κ3) is 4.51. The van der Waals surface area contributed by atoms with Crippen LogP contribution < -0.4 is 10.6 Å². The molecule has 0 aliphatic carbocycles. The molecule has 0 bridgehead atoms. The number of nitrogens with one attached hydrogen (secondary N) is 2. The number of benzene rings is 6. The van der Waals surface area contributed by atoms with Crippen molar-refractivity contribution < 1.29 is 4.74 Å². The maximum Gasteiger partial charge on any atom is 0.0639 e. The molecule has 0 amide bonds. The lowest BCUT2D eigenvalue weighted by Gasteiger charge is -2.13. The molecule has 0 atom stereocenters. The monoisotopic (exact) mass is 456 g/mol. The van der Waals surface area contributed by atoms with E-state index in [2.05, 4.69) is 120 Å². The fourth-order valence-corrected chi connectivity index (χ4v) is 4.86. The molecule has 6 rings (SSSR count). The number of rotatable bonds is 8. The first-order valence-corrected chi connectivity index (χ1v) is 12.2. The summed E-state index contributed by atoms with van der Waals surface area (Å²) in [4.78, 5) is 0. The quantitative estimate of drug-likeness (QED) is 0.181. The highest BCUT2D eigenvalue weighted by Gasteiger charge is 2.04. The highest BCUT2D eigenvalue weighted by atomic mass is 16.5. The van der Waals surface area contributed by atoms with Gasteiger partial charge in [-0.1, -0.05) is 72.8 Å². The highest BCUT2D eigenvalue weighted by molar-refractivity contribution is 6.04. The van der Waals surface area contributed by atoms with Crippen LogP contribution in [-0.4, -0.2) is 26.3 Å². The summed E-state index contributed by atoms with van der Waals surface area (Å²) in [5, 5.41) is 17.2. The average Bonchev–Trinajstić information content (AvgIpc) is 2.90. The summed E-state index contributed by atoms with van der Waals surface area (Å²) in [5.41, 5.74) is 2.30. The lowest BCUT2D eigenvalue weighted by atomic mass is 10.0. The zero-order chi connectivity index (χ0) is 23.5. The predicted molar refractivity (Wildman–Crippen MR) is 151 cm³/mol. The van der Waals surface area contributed by atoms with Gasteiger partial charge in [0.2, 0.25) is 0 Å². The van der Waals surface area contributed by atoms with E-state index in [1.165, 1.54) is 43.1 Å². The van der Waals surface area contributed by atoms with Crippen molar-refractivity contribution in [3.05, 3.63) is 109 Å². The van der Waals surface area contributed by atoms with E-state index < -0.39 is 0 Å². The van der Waals surface area contributed by atoms with Crippen LogP contribution in [0.2, 0.25) is 0 Å². The second-order valence-electron chi connectivity index (χ2n) is 8.92. The molecule has 3 nitrogen and oxygen atoms in total. The van der Waals surface area contributed by atoms with Gasteiger partial charge in [-0.05, 0) is 68.7 Å². The molecule has 0 spiro atoms. The van der Waals surface area contributed by atoms with Gasteiger partial charge in [-0.15, -0.1) is 0 Å². The molecule has 0 saturated heterocycles. The van der Waals surface area contributed by atoms with Crippen molar-refractivity contribution in [3.8, 4) is 0 Å². The normalized spacial score (nSPS) is 11.4. The first kappa shape index (κ1) is 21.5. The molecule has 6 aromatic carbocycles. The molecule has 0 unspecified atom stereocenters. The number of hydrogen-bond acceptors (Lipinski definition) is 3. The van der Waals surface area contributed by atoms with Gasteiger partial charge in [0.25, 0.3) is 0 Å². The van der Waals surface area contributed by atoms with Crippen LogP contribution in [0.5, 0.6) is 0 Å². The van der Waals surface area contributed by atoms with E-state index in [1.54, 1.807) is 0 Å². The lowest BCUT2D eigenvalue weighted by Crippen LogP contribution is -2.14. The van der Waals surface area contributed by atoms with Crippen LogP contribution in [0.3, 0.4) is 0 Å². The molecule has 0 aliphatic heterocycles. The Bertz CT molecular complexity index is 1520. The standard InChI is InChI=1S/C32H28N2O/c1-3-9-25-21-29-27(19-23(25)7-1)11-5-13-31(29)33-15-17-35-18-16-34-32-14-6-12-28-20-24-8-2-4-10-26(24)22-30(28)32/h1-14,19-22,33-34H,15-18H2. The maximum atomic E-state index is 5.92. The summed E-state index contributed by atoms with van der Waals surface area (Å²) in [6.45, 7) is 2.86.